The summed E-state index contributed by atoms with van der Waals surface area (Å²) in [4.78, 5) is 12.5. The number of sulfonamides is 1. The van der Waals surface area contributed by atoms with Crippen molar-refractivity contribution in [1.29, 1.82) is 0 Å². The van der Waals surface area contributed by atoms with Gasteiger partial charge in [-0.3, -0.25) is 0 Å². The number of hydrogen-bond acceptors (Lipinski definition) is 5. The summed E-state index contributed by atoms with van der Waals surface area (Å²) in [6.45, 7) is 0. The molecule has 0 saturated heterocycles. The minimum absolute atomic E-state index is 0.0155. The fourth-order valence-electron chi connectivity index (χ4n) is 0.717. The normalized spacial score (nSPS) is 11.3. The van der Waals surface area contributed by atoms with Crippen LogP contribution < -0.4 is 5.14 Å². The van der Waals surface area contributed by atoms with E-state index < -0.39 is 20.8 Å². The molecule has 0 spiro atoms. The van der Waals surface area contributed by atoms with Gasteiger partial charge in [-0.1, -0.05) is 0 Å². The zero-order valence-electron chi connectivity index (χ0n) is 6.55. The van der Waals surface area contributed by atoms with Crippen LogP contribution in [0.3, 0.4) is 0 Å². The molecule has 2 N–H and O–H groups in total. The van der Waals surface area contributed by atoms with Crippen molar-refractivity contribution in [2.24, 2.45) is 5.14 Å². The van der Waals surface area contributed by atoms with Crippen LogP contribution >= 0.6 is 15.9 Å². The SMILES string of the molecule is NS(=O)(=O)c1cnc([N+](=O)[O-])cc1Br. The number of rotatable bonds is 2. The van der Waals surface area contributed by atoms with Crippen LogP contribution in [0.2, 0.25) is 0 Å². The van der Waals surface area contributed by atoms with Crippen LogP contribution in [-0.4, -0.2) is 18.3 Å². The van der Waals surface area contributed by atoms with Crippen molar-refractivity contribution in [2.45, 2.75) is 4.90 Å². The van der Waals surface area contributed by atoms with Gasteiger partial charge in [-0.05, 0) is 25.8 Å². The number of hydrogen-bond donors (Lipinski definition) is 1. The molecule has 0 amide bonds. The maximum absolute atomic E-state index is 10.9. The van der Waals surface area contributed by atoms with E-state index in [1.165, 1.54) is 0 Å². The van der Waals surface area contributed by atoms with E-state index in [-0.39, 0.29) is 9.37 Å². The van der Waals surface area contributed by atoms with Crippen molar-refractivity contribution in [3.63, 3.8) is 0 Å². The monoisotopic (exact) mass is 281 g/mol. The highest BCUT2D eigenvalue weighted by Gasteiger charge is 2.18. The molecule has 0 aromatic carbocycles. The topological polar surface area (TPSA) is 116 Å². The standard InChI is InChI=1S/C5H4BrN3O4S/c6-3-1-5(9(10)11)8-2-4(3)14(7,12)13/h1-2H,(H2,7,12,13). The van der Waals surface area contributed by atoms with Crippen molar-refractivity contribution < 1.29 is 13.3 Å². The van der Waals surface area contributed by atoms with Crippen LogP contribution in [0.5, 0.6) is 0 Å². The van der Waals surface area contributed by atoms with Gasteiger partial charge in [0.25, 0.3) is 0 Å². The van der Waals surface area contributed by atoms with E-state index >= 15 is 0 Å². The molecule has 14 heavy (non-hydrogen) atoms. The minimum Gasteiger partial charge on any atom is -0.358 e. The van der Waals surface area contributed by atoms with E-state index in [4.69, 9.17) is 5.14 Å². The summed E-state index contributed by atoms with van der Waals surface area (Å²) in [7, 11) is -3.91. The molecular formula is C5H4BrN3O4S. The predicted molar refractivity (Wildman–Crippen MR) is 50.0 cm³/mol. The molecule has 1 rings (SSSR count). The van der Waals surface area contributed by atoms with Crippen LogP contribution in [-0.2, 0) is 10.0 Å². The molecule has 76 valence electrons. The number of nitrogens with zero attached hydrogens (tertiary/aromatic N) is 2. The molecular weight excluding hydrogens is 278 g/mol. The molecule has 0 atom stereocenters. The molecule has 0 aliphatic carbocycles. The number of nitro groups is 1. The molecule has 0 bridgehead atoms. The Hall–Kier alpha value is -1.06. The van der Waals surface area contributed by atoms with Gasteiger partial charge in [0.1, 0.15) is 4.90 Å². The van der Waals surface area contributed by atoms with Crippen LogP contribution in [0.4, 0.5) is 5.82 Å². The number of nitrogens with two attached hydrogens (primary N) is 1. The van der Waals surface area contributed by atoms with Crippen molar-refractivity contribution >= 4 is 31.8 Å². The Morgan fingerprint density at radius 1 is 1.57 bits per heavy atom. The van der Waals surface area contributed by atoms with Gasteiger partial charge < -0.3 is 10.1 Å². The average molecular weight is 282 g/mol. The summed E-state index contributed by atoms with van der Waals surface area (Å²) < 4.78 is 21.8. The lowest BCUT2D eigenvalue weighted by atomic mass is 10.5. The smallest absolute Gasteiger partial charge is 0.358 e. The highest BCUT2D eigenvalue weighted by atomic mass is 79.9. The Balaban J connectivity index is 3.35. The maximum atomic E-state index is 10.9. The first-order chi connectivity index (χ1) is 6.32. The highest BCUT2D eigenvalue weighted by molar-refractivity contribution is 9.10. The van der Waals surface area contributed by atoms with Crippen LogP contribution in [0, 0.1) is 10.1 Å². The summed E-state index contributed by atoms with van der Waals surface area (Å²) in [5.74, 6) is -0.454. The third kappa shape index (κ3) is 2.25. The van der Waals surface area contributed by atoms with Gasteiger partial charge in [0.2, 0.25) is 10.0 Å². The number of halogens is 1. The molecule has 7 nitrogen and oxygen atoms in total. The molecule has 0 aliphatic rings. The fourth-order valence-corrected chi connectivity index (χ4v) is 2.23. The first-order valence-corrected chi connectivity index (χ1v) is 5.49. The van der Waals surface area contributed by atoms with Crippen LogP contribution in [0.15, 0.2) is 21.6 Å². The minimum atomic E-state index is -3.91. The van der Waals surface area contributed by atoms with Crippen molar-refractivity contribution in [3.05, 3.63) is 26.9 Å². The van der Waals surface area contributed by atoms with Gasteiger partial charge in [0.05, 0.1) is 6.07 Å². The van der Waals surface area contributed by atoms with E-state index in [0.29, 0.717) is 0 Å². The highest BCUT2D eigenvalue weighted by Crippen LogP contribution is 2.23. The number of pyridine rings is 1. The molecule has 1 aromatic heterocycles. The average Bonchev–Trinajstić information content (AvgIpc) is 2.01. The van der Waals surface area contributed by atoms with Crippen LogP contribution in [0.25, 0.3) is 0 Å². The Morgan fingerprint density at radius 2 is 2.14 bits per heavy atom. The van der Waals surface area contributed by atoms with Gasteiger partial charge in [0, 0.05) is 4.47 Å². The lowest BCUT2D eigenvalue weighted by Gasteiger charge is -1.98. The first kappa shape index (κ1) is 11.0. The lowest BCUT2D eigenvalue weighted by Crippen LogP contribution is -2.13. The molecule has 0 radical (unpaired) electrons. The van der Waals surface area contributed by atoms with E-state index in [1.54, 1.807) is 0 Å². The third-order valence-electron chi connectivity index (χ3n) is 1.30. The second-order valence-corrected chi connectivity index (χ2v) is 4.66. The van der Waals surface area contributed by atoms with Crippen molar-refractivity contribution in [3.8, 4) is 0 Å². The molecule has 0 fully saturated rings. The Bertz CT molecular complexity index is 486. The molecule has 0 unspecified atom stereocenters. The number of aromatic nitrogens is 1. The largest absolute Gasteiger partial charge is 0.364 e. The van der Waals surface area contributed by atoms with Crippen LogP contribution in [0.1, 0.15) is 0 Å². The van der Waals surface area contributed by atoms with E-state index in [9.17, 15) is 18.5 Å². The zero-order chi connectivity index (χ0) is 10.9. The fraction of sp³-hybridized carbons (Fsp3) is 0. The van der Waals surface area contributed by atoms with Gasteiger partial charge in [0.15, 0.2) is 6.20 Å². The van der Waals surface area contributed by atoms with E-state index in [2.05, 4.69) is 20.9 Å². The summed E-state index contributed by atoms with van der Waals surface area (Å²) in [5.41, 5.74) is 0. The quantitative estimate of drug-likeness (QED) is 0.622. The van der Waals surface area contributed by atoms with E-state index in [1.807, 2.05) is 0 Å². The molecule has 0 aliphatic heterocycles. The zero-order valence-corrected chi connectivity index (χ0v) is 8.95. The summed E-state index contributed by atoms with van der Waals surface area (Å²) >= 11 is 2.85. The lowest BCUT2D eigenvalue weighted by molar-refractivity contribution is -0.389. The second kappa shape index (κ2) is 3.59. The van der Waals surface area contributed by atoms with Gasteiger partial charge >= 0.3 is 5.82 Å². The number of primary sulfonamides is 1. The Kier molecular flexibility index (Phi) is 2.83. The molecule has 1 heterocycles. The summed E-state index contributed by atoms with van der Waals surface area (Å²) in [6, 6.07) is 0.972. The maximum Gasteiger partial charge on any atom is 0.364 e. The van der Waals surface area contributed by atoms with Gasteiger partial charge in [-0.2, -0.15) is 0 Å². The van der Waals surface area contributed by atoms with Crippen molar-refractivity contribution in [2.75, 3.05) is 0 Å². The third-order valence-corrected chi connectivity index (χ3v) is 3.16. The molecule has 1 aromatic rings. The molecule has 9 heteroatoms. The second-order valence-electron chi connectivity index (χ2n) is 2.28. The first-order valence-electron chi connectivity index (χ1n) is 3.15. The van der Waals surface area contributed by atoms with E-state index in [0.717, 1.165) is 12.3 Å². The Labute approximate surface area is 87.3 Å². The van der Waals surface area contributed by atoms with Gasteiger partial charge in [-0.25, -0.2) is 13.6 Å². The summed E-state index contributed by atoms with van der Waals surface area (Å²) in [6.07, 6.45) is 0.831. The summed E-state index contributed by atoms with van der Waals surface area (Å²) in [5, 5.41) is 15.1. The van der Waals surface area contributed by atoms with Gasteiger partial charge in [-0.15, -0.1) is 0 Å². The van der Waals surface area contributed by atoms with Crippen molar-refractivity contribution in [1.82, 2.24) is 4.98 Å². The molecule has 0 saturated carbocycles. The Morgan fingerprint density at radius 3 is 2.50 bits per heavy atom. The predicted octanol–water partition coefficient (Wildman–Crippen LogP) is 0.400.